The van der Waals surface area contributed by atoms with Crippen molar-refractivity contribution in [3.8, 4) is 28.6 Å². The third-order valence-electron chi connectivity index (χ3n) is 3.91. The normalized spacial score (nSPS) is 10.2. The molecule has 1 amide bonds. The molecular formula is C20H19N3O4. The maximum absolute atomic E-state index is 12.7. The van der Waals surface area contributed by atoms with E-state index in [-0.39, 0.29) is 5.91 Å². The fourth-order valence-corrected chi connectivity index (χ4v) is 2.60. The highest BCUT2D eigenvalue weighted by molar-refractivity contribution is 6.07. The van der Waals surface area contributed by atoms with E-state index in [1.807, 2.05) is 18.2 Å². The molecule has 1 N–H and O–H groups in total. The molecular weight excluding hydrogens is 346 g/mol. The number of anilines is 1. The number of rotatable bonds is 6. The van der Waals surface area contributed by atoms with Crippen molar-refractivity contribution < 1.29 is 19.0 Å². The molecule has 1 aromatic heterocycles. The van der Waals surface area contributed by atoms with Crippen LogP contribution in [0.1, 0.15) is 10.4 Å². The monoisotopic (exact) mass is 365 g/mol. The standard InChI is InChI=1S/C20H19N3O4/c1-25-17-9-5-8-15(19(17)27-3)20(24)21-14-7-4-6-13(12-14)16-10-11-18(26-2)23-22-16/h4-12H,1-3H3,(H,21,24). The molecule has 0 aliphatic heterocycles. The highest BCUT2D eigenvalue weighted by Gasteiger charge is 2.16. The van der Waals surface area contributed by atoms with Gasteiger partial charge in [0.2, 0.25) is 5.88 Å². The summed E-state index contributed by atoms with van der Waals surface area (Å²) in [6.07, 6.45) is 0. The predicted octanol–water partition coefficient (Wildman–Crippen LogP) is 3.42. The zero-order valence-corrected chi connectivity index (χ0v) is 15.2. The van der Waals surface area contributed by atoms with Crippen LogP contribution in [-0.4, -0.2) is 37.4 Å². The first-order valence-corrected chi connectivity index (χ1v) is 8.16. The van der Waals surface area contributed by atoms with Gasteiger partial charge in [-0.25, -0.2) is 0 Å². The fourth-order valence-electron chi connectivity index (χ4n) is 2.60. The van der Waals surface area contributed by atoms with Gasteiger partial charge in [0, 0.05) is 17.3 Å². The van der Waals surface area contributed by atoms with Crippen LogP contribution in [0.25, 0.3) is 11.3 Å². The third kappa shape index (κ3) is 3.98. The number of hydrogen-bond acceptors (Lipinski definition) is 6. The van der Waals surface area contributed by atoms with E-state index in [0.717, 1.165) is 5.56 Å². The molecule has 0 fully saturated rings. The number of para-hydroxylation sites is 1. The molecule has 138 valence electrons. The maximum Gasteiger partial charge on any atom is 0.259 e. The summed E-state index contributed by atoms with van der Waals surface area (Å²) in [6, 6.07) is 16.0. The molecule has 2 aromatic carbocycles. The van der Waals surface area contributed by atoms with Gasteiger partial charge < -0.3 is 19.5 Å². The van der Waals surface area contributed by atoms with Crippen molar-refractivity contribution in [1.29, 1.82) is 0 Å². The average molecular weight is 365 g/mol. The van der Waals surface area contributed by atoms with Crippen LogP contribution >= 0.6 is 0 Å². The van der Waals surface area contributed by atoms with Crippen molar-refractivity contribution in [3.05, 3.63) is 60.2 Å². The molecule has 0 radical (unpaired) electrons. The zero-order valence-electron chi connectivity index (χ0n) is 15.2. The highest BCUT2D eigenvalue weighted by Crippen LogP contribution is 2.31. The molecule has 0 unspecified atom stereocenters. The first kappa shape index (κ1) is 18.2. The summed E-state index contributed by atoms with van der Waals surface area (Å²) >= 11 is 0. The Kier molecular flexibility index (Phi) is 5.51. The second kappa shape index (κ2) is 8.18. The smallest absolute Gasteiger partial charge is 0.259 e. The van der Waals surface area contributed by atoms with Gasteiger partial charge in [-0.3, -0.25) is 4.79 Å². The van der Waals surface area contributed by atoms with E-state index in [1.165, 1.54) is 21.3 Å². The third-order valence-corrected chi connectivity index (χ3v) is 3.91. The second-order valence-electron chi connectivity index (χ2n) is 5.54. The molecule has 27 heavy (non-hydrogen) atoms. The number of aromatic nitrogens is 2. The van der Waals surface area contributed by atoms with Crippen molar-refractivity contribution in [1.82, 2.24) is 10.2 Å². The Morgan fingerprint density at radius 1 is 0.889 bits per heavy atom. The van der Waals surface area contributed by atoms with Crippen LogP contribution in [0.15, 0.2) is 54.6 Å². The number of hydrogen-bond donors (Lipinski definition) is 1. The molecule has 1 heterocycles. The number of nitrogens with zero attached hydrogens (tertiary/aromatic N) is 2. The summed E-state index contributed by atoms with van der Waals surface area (Å²) in [5.74, 6) is 1.01. The van der Waals surface area contributed by atoms with E-state index < -0.39 is 0 Å². The van der Waals surface area contributed by atoms with Gasteiger partial charge in [0.05, 0.1) is 32.6 Å². The maximum atomic E-state index is 12.7. The van der Waals surface area contributed by atoms with E-state index >= 15 is 0 Å². The van der Waals surface area contributed by atoms with Gasteiger partial charge in [-0.15, -0.1) is 10.2 Å². The van der Waals surface area contributed by atoms with Gasteiger partial charge in [0.15, 0.2) is 11.5 Å². The Bertz CT molecular complexity index is 942. The Morgan fingerprint density at radius 3 is 2.37 bits per heavy atom. The minimum absolute atomic E-state index is 0.302. The van der Waals surface area contributed by atoms with Crippen LogP contribution < -0.4 is 19.5 Å². The Hall–Kier alpha value is -3.61. The van der Waals surface area contributed by atoms with Crippen LogP contribution in [-0.2, 0) is 0 Å². The number of carbonyl (C=O) groups excluding carboxylic acids is 1. The highest BCUT2D eigenvalue weighted by atomic mass is 16.5. The molecule has 0 bridgehead atoms. The van der Waals surface area contributed by atoms with Crippen LogP contribution in [0.4, 0.5) is 5.69 Å². The lowest BCUT2D eigenvalue weighted by molar-refractivity contribution is 0.102. The molecule has 0 aliphatic carbocycles. The first-order valence-electron chi connectivity index (χ1n) is 8.16. The van der Waals surface area contributed by atoms with E-state index in [2.05, 4.69) is 15.5 Å². The van der Waals surface area contributed by atoms with Gasteiger partial charge in [0.25, 0.3) is 5.91 Å². The van der Waals surface area contributed by atoms with Crippen molar-refractivity contribution in [2.75, 3.05) is 26.6 Å². The van der Waals surface area contributed by atoms with Gasteiger partial charge in [0.1, 0.15) is 0 Å². The second-order valence-corrected chi connectivity index (χ2v) is 5.54. The van der Waals surface area contributed by atoms with Crippen molar-refractivity contribution >= 4 is 11.6 Å². The van der Waals surface area contributed by atoms with Crippen molar-refractivity contribution in [3.63, 3.8) is 0 Å². The average Bonchev–Trinajstić information content (AvgIpc) is 2.73. The molecule has 7 heteroatoms. The summed E-state index contributed by atoms with van der Waals surface area (Å²) in [5.41, 5.74) is 2.50. The van der Waals surface area contributed by atoms with E-state index in [0.29, 0.717) is 34.3 Å². The fraction of sp³-hybridized carbons (Fsp3) is 0.150. The predicted molar refractivity (Wildman–Crippen MR) is 102 cm³/mol. The van der Waals surface area contributed by atoms with Gasteiger partial charge in [-0.1, -0.05) is 18.2 Å². The Labute approximate surface area is 156 Å². The lowest BCUT2D eigenvalue weighted by atomic mass is 10.1. The number of nitrogens with one attached hydrogen (secondary N) is 1. The Balaban J connectivity index is 1.85. The topological polar surface area (TPSA) is 82.6 Å². The minimum Gasteiger partial charge on any atom is -0.493 e. The number of carbonyl (C=O) groups is 1. The summed E-state index contributed by atoms with van der Waals surface area (Å²) < 4.78 is 15.6. The summed E-state index contributed by atoms with van der Waals surface area (Å²) in [5, 5.41) is 11.0. The van der Waals surface area contributed by atoms with Gasteiger partial charge >= 0.3 is 0 Å². The Morgan fingerprint density at radius 2 is 1.70 bits per heavy atom. The lowest BCUT2D eigenvalue weighted by Crippen LogP contribution is -2.13. The lowest BCUT2D eigenvalue weighted by Gasteiger charge is -2.13. The molecule has 0 spiro atoms. The first-order chi connectivity index (χ1) is 13.2. The molecule has 0 atom stereocenters. The molecule has 3 aromatic rings. The van der Waals surface area contributed by atoms with Crippen LogP contribution in [0, 0.1) is 0 Å². The zero-order chi connectivity index (χ0) is 19.2. The molecule has 3 rings (SSSR count). The van der Waals surface area contributed by atoms with Crippen molar-refractivity contribution in [2.45, 2.75) is 0 Å². The van der Waals surface area contributed by atoms with Gasteiger partial charge in [-0.05, 0) is 30.3 Å². The summed E-state index contributed by atoms with van der Waals surface area (Å²) in [6.45, 7) is 0. The number of methoxy groups -OCH3 is 3. The largest absolute Gasteiger partial charge is 0.493 e. The van der Waals surface area contributed by atoms with Gasteiger partial charge in [-0.2, -0.15) is 0 Å². The number of benzene rings is 2. The summed E-state index contributed by atoms with van der Waals surface area (Å²) in [7, 11) is 4.56. The number of ether oxygens (including phenoxy) is 3. The van der Waals surface area contributed by atoms with Crippen LogP contribution in [0.5, 0.6) is 17.4 Å². The van der Waals surface area contributed by atoms with Crippen molar-refractivity contribution in [2.24, 2.45) is 0 Å². The molecule has 0 aliphatic rings. The van der Waals surface area contributed by atoms with E-state index in [9.17, 15) is 4.79 Å². The quantitative estimate of drug-likeness (QED) is 0.721. The molecule has 0 saturated carbocycles. The minimum atomic E-state index is -0.302. The van der Waals surface area contributed by atoms with Crippen LogP contribution in [0.3, 0.4) is 0 Å². The van der Waals surface area contributed by atoms with E-state index in [4.69, 9.17) is 14.2 Å². The summed E-state index contributed by atoms with van der Waals surface area (Å²) in [4.78, 5) is 12.7. The SMILES string of the molecule is COc1ccc(-c2cccc(NC(=O)c3cccc(OC)c3OC)c2)nn1. The molecule has 0 saturated heterocycles. The van der Waals surface area contributed by atoms with Crippen LogP contribution in [0.2, 0.25) is 0 Å². The number of amides is 1. The molecule has 7 nitrogen and oxygen atoms in total. The van der Waals surface area contributed by atoms with E-state index in [1.54, 1.807) is 36.4 Å².